The average molecular weight is 225 g/mol. The first kappa shape index (κ1) is 11.3. The first-order chi connectivity index (χ1) is 6.36. The standard InChI is InChI=1S/C9H8ClF3O/c1-5-2-6(9(11,12)13)3-8(10)7(5)4-14/h2-3,14H,4H2,1H3. The third kappa shape index (κ3) is 2.19. The Morgan fingerprint density at radius 2 is 1.93 bits per heavy atom. The zero-order chi connectivity index (χ0) is 10.9. The highest BCUT2D eigenvalue weighted by Gasteiger charge is 2.31. The molecule has 0 atom stereocenters. The Morgan fingerprint density at radius 1 is 1.36 bits per heavy atom. The van der Waals surface area contributed by atoms with E-state index in [1.807, 2.05) is 0 Å². The summed E-state index contributed by atoms with van der Waals surface area (Å²) in [6.45, 7) is 1.12. The van der Waals surface area contributed by atoms with E-state index in [9.17, 15) is 13.2 Å². The van der Waals surface area contributed by atoms with Gasteiger partial charge in [-0.25, -0.2) is 0 Å². The molecule has 0 aliphatic heterocycles. The number of rotatable bonds is 1. The molecular formula is C9H8ClF3O. The summed E-state index contributed by atoms with van der Waals surface area (Å²) in [4.78, 5) is 0. The molecular weight excluding hydrogens is 217 g/mol. The number of aliphatic hydroxyl groups is 1. The molecule has 0 aliphatic carbocycles. The largest absolute Gasteiger partial charge is 0.416 e. The van der Waals surface area contributed by atoms with Crippen LogP contribution in [0.15, 0.2) is 12.1 Å². The van der Waals surface area contributed by atoms with E-state index in [-0.39, 0.29) is 11.6 Å². The van der Waals surface area contributed by atoms with Gasteiger partial charge in [0, 0.05) is 5.02 Å². The van der Waals surface area contributed by atoms with Crippen LogP contribution in [0.25, 0.3) is 0 Å². The van der Waals surface area contributed by atoms with Gasteiger partial charge in [0.2, 0.25) is 0 Å². The van der Waals surface area contributed by atoms with Crippen LogP contribution >= 0.6 is 11.6 Å². The van der Waals surface area contributed by atoms with Crippen molar-refractivity contribution in [2.24, 2.45) is 0 Å². The quantitative estimate of drug-likeness (QED) is 0.777. The molecule has 0 heterocycles. The second-order valence-electron chi connectivity index (χ2n) is 2.91. The Balaban J connectivity index is 3.28. The van der Waals surface area contributed by atoms with Crippen molar-refractivity contribution in [2.75, 3.05) is 0 Å². The van der Waals surface area contributed by atoms with Gasteiger partial charge in [0.05, 0.1) is 12.2 Å². The van der Waals surface area contributed by atoms with E-state index in [0.29, 0.717) is 11.1 Å². The molecule has 1 N–H and O–H groups in total. The maximum atomic E-state index is 12.3. The minimum atomic E-state index is -4.40. The lowest BCUT2D eigenvalue weighted by atomic mass is 10.1. The maximum Gasteiger partial charge on any atom is 0.416 e. The molecule has 0 saturated heterocycles. The summed E-state index contributed by atoms with van der Waals surface area (Å²) in [5, 5.41) is 8.77. The third-order valence-electron chi connectivity index (χ3n) is 1.90. The first-order valence-electron chi connectivity index (χ1n) is 3.83. The Morgan fingerprint density at radius 3 is 2.29 bits per heavy atom. The van der Waals surface area contributed by atoms with Crippen molar-refractivity contribution in [3.05, 3.63) is 33.8 Å². The van der Waals surface area contributed by atoms with E-state index in [2.05, 4.69) is 0 Å². The fourth-order valence-corrected chi connectivity index (χ4v) is 1.46. The van der Waals surface area contributed by atoms with Gasteiger partial charge in [-0.15, -0.1) is 0 Å². The Kier molecular flexibility index (Phi) is 3.07. The van der Waals surface area contributed by atoms with Gasteiger partial charge >= 0.3 is 6.18 Å². The van der Waals surface area contributed by atoms with Crippen molar-refractivity contribution in [1.82, 2.24) is 0 Å². The number of aryl methyl sites for hydroxylation is 1. The van der Waals surface area contributed by atoms with Crippen LogP contribution in [0.1, 0.15) is 16.7 Å². The minimum absolute atomic E-state index is 0.0557. The molecule has 0 radical (unpaired) electrons. The van der Waals surface area contributed by atoms with Gasteiger partial charge < -0.3 is 5.11 Å². The van der Waals surface area contributed by atoms with Crippen molar-refractivity contribution in [2.45, 2.75) is 19.7 Å². The van der Waals surface area contributed by atoms with E-state index < -0.39 is 11.7 Å². The minimum Gasteiger partial charge on any atom is -0.392 e. The normalized spacial score (nSPS) is 11.9. The molecule has 0 aromatic heterocycles. The average Bonchev–Trinajstić information content (AvgIpc) is 2.01. The van der Waals surface area contributed by atoms with Gasteiger partial charge in [0.1, 0.15) is 0 Å². The van der Waals surface area contributed by atoms with Gasteiger partial charge in [-0.2, -0.15) is 13.2 Å². The predicted octanol–water partition coefficient (Wildman–Crippen LogP) is 3.16. The summed E-state index contributed by atoms with van der Waals surface area (Å²) in [7, 11) is 0. The van der Waals surface area contributed by atoms with Crippen molar-refractivity contribution in [3.63, 3.8) is 0 Å². The molecule has 1 rings (SSSR count). The molecule has 0 amide bonds. The second-order valence-corrected chi connectivity index (χ2v) is 3.32. The predicted molar refractivity (Wildman–Crippen MR) is 47.1 cm³/mol. The van der Waals surface area contributed by atoms with Gasteiger partial charge in [0.25, 0.3) is 0 Å². The fourth-order valence-electron chi connectivity index (χ4n) is 1.14. The fraction of sp³-hybridized carbons (Fsp3) is 0.333. The van der Waals surface area contributed by atoms with Gasteiger partial charge in [0.15, 0.2) is 0 Å². The molecule has 1 aromatic carbocycles. The van der Waals surface area contributed by atoms with Crippen molar-refractivity contribution in [1.29, 1.82) is 0 Å². The van der Waals surface area contributed by atoms with Crippen LogP contribution in [0, 0.1) is 6.92 Å². The number of aliphatic hydroxyl groups excluding tert-OH is 1. The number of halogens is 4. The molecule has 0 aliphatic rings. The van der Waals surface area contributed by atoms with Crippen LogP contribution in [-0.2, 0) is 12.8 Å². The number of alkyl halides is 3. The lowest BCUT2D eigenvalue weighted by Crippen LogP contribution is -2.06. The van der Waals surface area contributed by atoms with Crippen LogP contribution in [-0.4, -0.2) is 5.11 Å². The lowest BCUT2D eigenvalue weighted by Gasteiger charge is -2.11. The van der Waals surface area contributed by atoms with E-state index in [1.165, 1.54) is 6.92 Å². The van der Waals surface area contributed by atoms with Crippen molar-refractivity contribution in [3.8, 4) is 0 Å². The number of hydrogen-bond acceptors (Lipinski definition) is 1. The third-order valence-corrected chi connectivity index (χ3v) is 2.24. The molecule has 5 heteroatoms. The molecule has 0 saturated carbocycles. The molecule has 78 valence electrons. The van der Waals surface area contributed by atoms with E-state index in [1.54, 1.807) is 0 Å². The molecule has 14 heavy (non-hydrogen) atoms. The van der Waals surface area contributed by atoms with Crippen molar-refractivity contribution < 1.29 is 18.3 Å². The molecule has 0 bridgehead atoms. The van der Waals surface area contributed by atoms with E-state index >= 15 is 0 Å². The zero-order valence-electron chi connectivity index (χ0n) is 7.32. The lowest BCUT2D eigenvalue weighted by molar-refractivity contribution is -0.137. The van der Waals surface area contributed by atoms with E-state index in [4.69, 9.17) is 16.7 Å². The van der Waals surface area contributed by atoms with Crippen LogP contribution in [0.3, 0.4) is 0 Å². The summed E-state index contributed by atoms with van der Waals surface area (Å²) >= 11 is 5.58. The van der Waals surface area contributed by atoms with Crippen LogP contribution in [0.5, 0.6) is 0 Å². The van der Waals surface area contributed by atoms with Gasteiger partial charge in [-0.3, -0.25) is 0 Å². The number of benzene rings is 1. The molecule has 0 unspecified atom stereocenters. The summed E-state index contributed by atoms with van der Waals surface area (Å²) < 4.78 is 36.8. The summed E-state index contributed by atoms with van der Waals surface area (Å²) in [6, 6.07) is 1.79. The van der Waals surface area contributed by atoms with Crippen molar-refractivity contribution >= 4 is 11.6 Å². The molecule has 1 nitrogen and oxygen atoms in total. The first-order valence-corrected chi connectivity index (χ1v) is 4.21. The SMILES string of the molecule is Cc1cc(C(F)(F)F)cc(Cl)c1CO. The second kappa shape index (κ2) is 3.79. The molecule has 0 fully saturated rings. The molecule has 1 aromatic rings. The van der Waals surface area contributed by atoms with Crippen LogP contribution < -0.4 is 0 Å². The zero-order valence-corrected chi connectivity index (χ0v) is 8.08. The smallest absolute Gasteiger partial charge is 0.392 e. The van der Waals surface area contributed by atoms with Gasteiger partial charge in [-0.1, -0.05) is 11.6 Å². The topological polar surface area (TPSA) is 20.2 Å². The van der Waals surface area contributed by atoms with Crippen LogP contribution in [0.2, 0.25) is 5.02 Å². The summed E-state index contributed by atoms with van der Waals surface area (Å²) in [5.41, 5.74) is -0.121. The Labute approximate surface area is 84.1 Å². The maximum absolute atomic E-state index is 12.3. The Hall–Kier alpha value is -0.740. The van der Waals surface area contributed by atoms with E-state index in [0.717, 1.165) is 12.1 Å². The summed E-state index contributed by atoms with van der Waals surface area (Å²) in [6.07, 6.45) is -4.40. The summed E-state index contributed by atoms with van der Waals surface area (Å²) in [5.74, 6) is 0. The number of hydrogen-bond donors (Lipinski definition) is 1. The van der Waals surface area contributed by atoms with Gasteiger partial charge in [-0.05, 0) is 30.2 Å². The Bertz CT molecular complexity index is 323. The highest BCUT2D eigenvalue weighted by atomic mass is 35.5. The highest BCUT2D eigenvalue weighted by molar-refractivity contribution is 6.31. The van der Waals surface area contributed by atoms with Crippen LogP contribution in [0.4, 0.5) is 13.2 Å². The highest BCUT2D eigenvalue weighted by Crippen LogP contribution is 2.33. The molecule has 0 spiro atoms. The monoisotopic (exact) mass is 224 g/mol.